The first-order valence-corrected chi connectivity index (χ1v) is 9.54. The molecule has 4 rings (SSSR count). The molecule has 2 aromatic carbocycles. The first-order chi connectivity index (χ1) is 13.5. The number of nitrogens with zero attached hydrogens (tertiary/aromatic N) is 4. The van der Waals surface area contributed by atoms with Crippen molar-refractivity contribution in [2.24, 2.45) is 0 Å². The number of rotatable bonds is 5. The summed E-state index contributed by atoms with van der Waals surface area (Å²) in [4.78, 5) is 0. The molecule has 0 saturated carbocycles. The Labute approximate surface area is 165 Å². The highest BCUT2D eigenvalue weighted by atomic mass is 32.2. The topological polar surface area (TPSA) is 77.8 Å². The summed E-state index contributed by atoms with van der Waals surface area (Å²) >= 11 is 1.34. The van der Waals surface area contributed by atoms with Gasteiger partial charge in [0.2, 0.25) is 17.7 Å². The van der Waals surface area contributed by atoms with Crippen LogP contribution in [0, 0.1) is 19.7 Å². The molecule has 28 heavy (non-hydrogen) atoms. The van der Waals surface area contributed by atoms with Crippen LogP contribution >= 0.6 is 11.8 Å². The molecule has 0 spiro atoms. The van der Waals surface area contributed by atoms with Crippen LogP contribution in [0.25, 0.3) is 22.9 Å². The molecular weight excluding hydrogens is 379 g/mol. The van der Waals surface area contributed by atoms with Crippen LogP contribution in [0.3, 0.4) is 0 Å². The third-order valence-electron chi connectivity index (χ3n) is 4.03. The quantitative estimate of drug-likeness (QED) is 0.418. The van der Waals surface area contributed by atoms with E-state index in [1.807, 2.05) is 32.9 Å². The van der Waals surface area contributed by atoms with Gasteiger partial charge in [0.25, 0.3) is 5.22 Å². The average Bonchev–Trinajstić information content (AvgIpc) is 3.31. The summed E-state index contributed by atoms with van der Waals surface area (Å²) in [5.41, 5.74) is 3.82. The Hall–Kier alpha value is -3.00. The molecule has 0 aliphatic heterocycles. The Balaban J connectivity index is 1.49. The van der Waals surface area contributed by atoms with Crippen molar-refractivity contribution in [3.63, 3.8) is 0 Å². The van der Waals surface area contributed by atoms with Crippen molar-refractivity contribution in [1.29, 1.82) is 0 Å². The standard InChI is InChI=1S/C20H17FN4O2S/c1-11-8-12(2)10-15(9-11)19-24-25-20(27-19)28-13(3)17-22-23-18(26-17)14-4-6-16(21)7-5-14/h4-10,13H,1-3H3/t13-/m0/s1. The Morgan fingerprint density at radius 2 is 1.46 bits per heavy atom. The van der Waals surface area contributed by atoms with Gasteiger partial charge in [-0.3, -0.25) is 0 Å². The number of hydrogen-bond donors (Lipinski definition) is 0. The molecule has 0 N–H and O–H groups in total. The van der Waals surface area contributed by atoms with Crippen LogP contribution < -0.4 is 0 Å². The van der Waals surface area contributed by atoms with Crippen molar-refractivity contribution in [1.82, 2.24) is 20.4 Å². The summed E-state index contributed by atoms with van der Waals surface area (Å²) in [6.45, 7) is 5.96. The van der Waals surface area contributed by atoms with E-state index in [1.165, 1.54) is 23.9 Å². The lowest BCUT2D eigenvalue weighted by Gasteiger charge is -2.02. The van der Waals surface area contributed by atoms with E-state index >= 15 is 0 Å². The smallest absolute Gasteiger partial charge is 0.277 e. The first kappa shape index (κ1) is 18.4. The maximum absolute atomic E-state index is 13.1. The summed E-state index contributed by atoms with van der Waals surface area (Å²) < 4.78 is 24.6. The minimum Gasteiger partial charge on any atom is -0.419 e. The van der Waals surface area contributed by atoms with Gasteiger partial charge in [-0.2, -0.15) is 0 Å². The molecule has 0 fully saturated rings. The van der Waals surface area contributed by atoms with Crippen molar-refractivity contribution in [2.45, 2.75) is 31.2 Å². The van der Waals surface area contributed by atoms with Crippen molar-refractivity contribution in [3.05, 3.63) is 65.3 Å². The van der Waals surface area contributed by atoms with E-state index in [1.54, 1.807) is 12.1 Å². The summed E-state index contributed by atoms with van der Waals surface area (Å²) in [7, 11) is 0. The van der Waals surface area contributed by atoms with Crippen LogP contribution in [0.2, 0.25) is 0 Å². The van der Waals surface area contributed by atoms with Crippen molar-refractivity contribution >= 4 is 11.8 Å². The Bertz CT molecular complexity index is 1090. The summed E-state index contributed by atoms with van der Waals surface area (Å²) in [6, 6.07) is 12.0. The van der Waals surface area contributed by atoms with Crippen LogP contribution in [0.4, 0.5) is 4.39 Å². The van der Waals surface area contributed by atoms with E-state index in [2.05, 4.69) is 26.5 Å². The molecule has 0 bridgehead atoms. The normalized spacial score (nSPS) is 12.3. The molecule has 2 heterocycles. The van der Waals surface area contributed by atoms with E-state index < -0.39 is 0 Å². The zero-order valence-electron chi connectivity index (χ0n) is 15.5. The van der Waals surface area contributed by atoms with Crippen molar-refractivity contribution in [3.8, 4) is 22.9 Å². The number of aryl methyl sites for hydroxylation is 2. The van der Waals surface area contributed by atoms with Crippen LogP contribution in [0.1, 0.15) is 29.2 Å². The average molecular weight is 396 g/mol. The van der Waals surface area contributed by atoms with Gasteiger partial charge < -0.3 is 8.83 Å². The molecule has 0 radical (unpaired) electrons. The van der Waals surface area contributed by atoms with Gasteiger partial charge in [0.05, 0.1) is 5.25 Å². The molecule has 0 aliphatic rings. The second kappa shape index (κ2) is 7.55. The number of halogens is 1. The zero-order valence-corrected chi connectivity index (χ0v) is 16.3. The fraction of sp³-hybridized carbons (Fsp3) is 0.200. The van der Waals surface area contributed by atoms with Gasteiger partial charge in [-0.25, -0.2) is 4.39 Å². The first-order valence-electron chi connectivity index (χ1n) is 8.66. The van der Waals surface area contributed by atoms with Crippen LogP contribution in [-0.4, -0.2) is 20.4 Å². The van der Waals surface area contributed by atoms with E-state index in [4.69, 9.17) is 8.83 Å². The molecular formula is C20H17FN4O2S. The lowest BCUT2D eigenvalue weighted by Crippen LogP contribution is -1.88. The van der Waals surface area contributed by atoms with Gasteiger partial charge in [0.15, 0.2) is 0 Å². The van der Waals surface area contributed by atoms with Gasteiger partial charge in [-0.05, 0) is 57.2 Å². The molecule has 6 nitrogen and oxygen atoms in total. The van der Waals surface area contributed by atoms with Crippen LogP contribution in [0.5, 0.6) is 0 Å². The van der Waals surface area contributed by atoms with E-state index in [9.17, 15) is 4.39 Å². The third-order valence-corrected chi connectivity index (χ3v) is 4.95. The highest BCUT2D eigenvalue weighted by Gasteiger charge is 2.20. The van der Waals surface area contributed by atoms with Crippen molar-refractivity contribution in [2.75, 3.05) is 0 Å². The molecule has 0 amide bonds. The predicted molar refractivity (Wildman–Crippen MR) is 103 cm³/mol. The number of aromatic nitrogens is 4. The Morgan fingerprint density at radius 1 is 0.821 bits per heavy atom. The third kappa shape index (κ3) is 3.96. The molecule has 142 valence electrons. The molecule has 1 atom stereocenters. The largest absolute Gasteiger partial charge is 0.419 e. The van der Waals surface area contributed by atoms with Crippen LogP contribution in [0.15, 0.2) is 56.5 Å². The maximum atomic E-state index is 13.1. The monoisotopic (exact) mass is 396 g/mol. The summed E-state index contributed by atoms with van der Waals surface area (Å²) in [5, 5.41) is 16.6. The maximum Gasteiger partial charge on any atom is 0.277 e. The number of hydrogen-bond acceptors (Lipinski definition) is 7. The fourth-order valence-electron chi connectivity index (χ4n) is 2.78. The predicted octanol–water partition coefficient (Wildman–Crippen LogP) is 5.40. The summed E-state index contributed by atoms with van der Waals surface area (Å²) in [5.74, 6) is 0.918. The van der Waals surface area contributed by atoms with E-state index in [0.29, 0.717) is 28.5 Å². The Kier molecular flexibility index (Phi) is 4.95. The minimum absolute atomic E-state index is 0.186. The molecule has 8 heteroatoms. The molecule has 0 unspecified atom stereocenters. The summed E-state index contributed by atoms with van der Waals surface area (Å²) in [6.07, 6.45) is 0. The van der Waals surface area contributed by atoms with E-state index in [-0.39, 0.29) is 11.1 Å². The number of thioether (sulfide) groups is 1. The fourth-order valence-corrected chi connectivity index (χ4v) is 3.50. The lowest BCUT2D eigenvalue weighted by atomic mass is 10.1. The lowest BCUT2D eigenvalue weighted by molar-refractivity contribution is 0.461. The van der Waals surface area contributed by atoms with E-state index in [0.717, 1.165) is 16.7 Å². The Morgan fingerprint density at radius 3 is 2.18 bits per heavy atom. The van der Waals surface area contributed by atoms with Crippen molar-refractivity contribution < 1.29 is 13.2 Å². The molecule has 0 saturated heterocycles. The van der Waals surface area contributed by atoms with Gasteiger partial charge in [0, 0.05) is 11.1 Å². The van der Waals surface area contributed by atoms with Crippen LogP contribution in [-0.2, 0) is 0 Å². The zero-order chi connectivity index (χ0) is 19.7. The molecule has 0 aliphatic carbocycles. The van der Waals surface area contributed by atoms with Gasteiger partial charge in [-0.1, -0.05) is 29.0 Å². The van der Waals surface area contributed by atoms with Gasteiger partial charge >= 0.3 is 0 Å². The molecule has 2 aromatic heterocycles. The molecule has 4 aromatic rings. The van der Waals surface area contributed by atoms with Gasteiger partial charge in [0.1, 0.15) is 5.82 Å². The highest BCUT2D eigenvalue weighted by Crippen LogP contribution is 2.35. The SMILES string of the molecule is Cc1cc(C)cc(-c2nnc(S[C@@H](C)c3nnc(-c4ccc(F)cc4)o3)o2)c1. The second-order valence-electron chi connectivity index (χ2n) is 6.46. The minimum atomic E-state index is -0.316. The number of benzene rings is 2. The highest BCUT2D eigenvalue weighted by molar-refractivity contribution is 7.99. The van der Waals surface area contributed by atoms with Gasteiger partial charge in [-0.15, -0.1) is 20.4 Å². The second-order valence-corrected chi connectivity index (χ2v) is 7.75.